The van der Waals surface area contributed by atoms with Crippen LogP contribution in [-0.2, 0) is 0 Å². The Kier molecular flexibility index (Phi) is 3.75. The second-order valence-electron chi connectivity index (χ2n) is 4.35. The van der Waals surface area contributed by atoms with E-state index in [0.717, 1.165) is 18.4 Å². The maximum Gasteiger partial charge on any atom is 0.0761 e. The van der Waals surface area contributed by atoms with Crippen molar-refractivity contribution in [3.63, 3.8) is 0 Å². The first kappa shape index (κ1) is 12.2. The van der Waals surface area contributed by atoms with E-state index in [4.69, 9.17) is 28.9 Å². The van der Waals surface area contributed by atoms with Crippen LogP contribution in [0.15, 0.2) is 18.2 Å². The fourth-order valence-corrected chi connectivity index (χ4v) is 2.47. The molecule has 0 spiro atoms. The van der Waals surface area contributed by atoms with Crippen LogP contribution in [-0.4, -0.2) is 11.2 Å². The molecular weight excluding hydrogens is 245 g/mol. The van der Waals surface area contributed by atoms with Gasteiger partial charge < -0.3 is 10.8 Å². The Balaban J connectivity index is 2.19. The van der Waals surface area contributed by atoms with E-state index in [1.54, 1.807) is 12.1 Å². The highest BCUT2D eigenvalue weighted by Crippen LogP contribution is 2.37. The molecule has 0 unspecified atom stereocenters. The summed E-state index contributed by atoms with van der Waals surface area (Å²) in [7, 11) is 0. The lowest BCUT2D eigenvalue weighted by molar-refractivity contribution is 0.0414. The Bertz CT molecular complexity index is 379. The molecular formula is C12H15Cl2NO. The van der Waals surface area contributed by atoms with Crippen LogP contribution in [0.4, 0.5) is 0 Å². The monoisotopic (exact) mass is 259 g/mol. The third-order valence-electron chi connectivity index (χ3n) is 3.34. The Labute approximate surface area is 105 Å². The molecule has 2 atom stereocenters. The van der Waals surface area contributed by atoms with Gasteiger partial charge in [0.1, 0.15) is 0 Å². The molecule has 2 rings (SSSR count). The van der Waals surface area contributed by atoms with Crippen molar-refractivity contribution in [2.45, 2.75) is 31.4 Å². The van der Waals surface area contributed by atoms with Gasteiger partial charge in [0.05, 0.1) is 22.2 Å². The topological polar surface area (TPSA) is 46.2 Å². The molecule has 16 heavy (non-hydrogen) atoms. The second kappa shape index (κ2) is 4.92. The first-order valence-corrected chi connectivity index (χ1v) is 6.24. The van der Waals surface area contributed by atoms with Crippen molar-refractivity contribution in [1.82, 2.24) is 0 Å². The van der Waals surface area contributed by atoms with Gasteiger partial charge in [0.25, 0.3) is 0 Å². The molecule has 1 saturated carbocycles. The molecule has 4 heteroatoms. The van der Waals surface area contributed by atoms with Crippen molar-refractivity contribution >= 4 is 23.2 Å². The molecule has 0 radical (unpaired) electrons. The van der Waals surface area contributed by atoms with Crippen molar-refractivity contribution < 1.29 is 5.11 Å². The van der Waals surface area contributed by atoms with E-state index in [2.05, 4.69) is 0 Å². The quantitative estimate of drug-likeness (QED) is 0.876. The van der Waals surface area contributed by atoms with Crippen molar-refractivity contribution in [3.05, 3.63) is 33.8 Å². The number of hydrogen-bond acceptors (Lipinski definition) is 2. The number of nitrogens with two attached hydrogens (primary N) is 1. The third kappa shape index (κ3) is 2.21. The zero-order valence-corrected chi connectivity index (χ0v) is 10.4. The van der Waals surface area contributed by atoms with Crippen LogP contribution in [0.25, 0.3) is 0 Å². The molecule has 2 nitrogen and oxygen atoms in total. The minimum Gasteiger partial charge on any atom is -0.391 e. The summed E-state index contributed by atoms with van der Waals surface area (Å²) in [6, 6.07) is 4.89. The van der Waals surface area contributed by atoms with Gasteiger partial charge in [0.2, 0.25) is 0 Å². The molecule has 0 heterocycles. The van der Waals surface area contributed by atoms with Crippen LogP contribution in [0.3, 0.4) is 0 Å². The number of benzene rings is 1. The zero-order valence-electron chi connectivity index (χ0n) is 8.87. The summed E-state index contributed by atoms with van der Waals surface area (Å²) >= 11 is 12.0. The zero-order chi connectivity index (χ0) is 11.7. The van der Waals surface area contributed by atoms with Crippen molar-refractivity contribution in [2.75, 3.05) is 0 Å². The number of hydrogen-bond donors (Lipinski definition) is 2. The minimum absolute atomic E-state index is 0.310. The van der Waals surface area contributed by atoms with Gasteiger partial charge in [-0.25, -0.2) is 0 Å². The Hall–Kier alpha value is -0.280. The van der Waals surface area contributed by atoms with Crippen LogP contribution >= 0.6 is 23.2 Å². The summed E-state index contributed by atoms with van der Waals surface area (Å²) in [5.74, 6) is 0.310. The lowest BCUT2D eigenvalue weighted by Gasteiger charge is -2.34. The maximum absolute atomic E-state index is 10.1. The van der Waals surface area contributed by atoms with Gasteiger partial charge in [0, 0.05) is 0 Å². The highest BCUT2D eigenvalue weighted by molar-refractivity contribution is 6.42. The second-order valence-corrected chi connectivity index (χ2v) is 5.14. The molecule has 0 bridgehead atoms. The van der Waals surface area contributed by atoms with Gasteiger partial charge in [-0.1, -0.05) is 41.8 Å². The van der Waals surface area contributed by atoms with E-state index in [1.165, 1.54) is 6.42 Å². The van der Waals surface area contributed by atoms with Crippen LogP contribution in [0.2, 0.25) is 10.0 Å². The molecule has 1 aliphatic rings. The molecule has 0 aliphatic heterocycles. The molecule has 3 N–H and O–H groups in total. The fourth-order valence-electron chi connectivity index (χ4n) is 2.04. The first-order chi connectivity index (χ1) is 7.61. The van der Waals surface area contributed by atoms with Crippen molar-refractivity contribution in [1.29, 1.82) is 0 Å². The molecule has 0 aromatic heterocycles. The van der Waals surface area contributed by atoms with E-state index in [-0.39, 0.29) is 0 Å². The fraction of sp³-hybridized carbons (Fsp3) is 0.500. The minimum atomic E-state index is -0.523. The highest BCUT2D eigenvalue weighted by Gasteiger charge is 2.31. The third-order valence-corrected chi connectivity index (χ3v) is 4.17. The van der Waals surface area contributed by atoms with E-state index >= 15 is 0 Å². The van der Waals surface area contributed by atoms with Crippen molar-refractivity contribution in [2.24, 2.45) is 11.7 Å². The van der Waals surface area contributed by atoms with E-state index < -0.39 is 12.1 Å². The standard InChI is InChI=1S/C12H15Cl2NO/c13-9-6-2-5-8(10(9)14)11(15)12(16)7-3-1-4-7/h2,5-7,11-12,16H,1,3-4,15H2/t11-,12+/m0/s1. The lowest BCUT2D eigenvalue weighted by atomic mass is 9.77. The van der Waals surface area contributed by atoms with Gasteiger partial charge in [-0.15, -0.1) is 0 Å². The van der Waals surface area contributed by atoms with Crippen LogP contribution < -0.4 is 5.73 Å². The van der Waals surface area contributed by atoms with Crippen LogP contribution in [0.5, 0.6) is 0 Å². The normalized spacial score (nSPS) is 20.2. The first-order valence-electron chi connectivity index (χ1n) is 5.49. The van der Waals surface area contributed by atoms with Gasteiger partial charge in [-0.3, -0.25) is 0 Å². The van der Waals surface area contributed by atoms with Gasteiger partial charge in [-0.05, 0) is 30.4 Å². The Morgan fingerprint density at radius 2 is 2.00 bits per heavy atom. The van der Waals surface area contributed by atoms with E-state index in [9.17, 15) is 5.11 Å². The largest absolute Gasteiger partial charge is 0.391 e. The molecule has 0 saturated heterocycles. The number of halogens is 2. The average molecular weight is 260 g/mol. The number of aliphatic hydroxyl groups excluding tert-OH is 1. The van der Waals surface area contributed by atoms with Crippen molar-refractivity contribution in [3.8, 4) is 0 Å². The molecule has 1 aromatic rings. The Morgan fingerprint density at radius 3 is 2.56 bits per heavy atom. The SMILES string of the molecule is N[C@@H](c1cccc(Cl)c1Cl)[C@H](O)C1CCC1. The average Bonchev–Trinajstić information content (AvgIpc) is 2.18. The molecule has 1 aromatic carbocycles. The van der Waals surface area contributed by atoms with Gasteiger partial charge in [0.15, 0.2) is 0 Å². The predicted octanol–water partition coefficient (Wildman–Crippen LogP) is 3.15. The van der Waals surface area contributed by atoms with E-state index in [1.807, 2.05) is 6.07 Å². The summed E-state index contributed by atoms with van der Waals surface area (Å²) < 4.78 is 0. The molecule has 1 fully saturated rings. The lowest BCUT2D eigenvalue weighted by Crippen LogP contribution is -2.36. The predicted molar refractivity (Wildman–Crippen MR) is 66.7 cm³/mol. The summed E-state index contributed by atoms with van der Waals surface area (Å²) in [5.41, 5.74) is 6.76. The number of rotatable bonds is 3. The molecule has 1 aliphatic carbocycles. The number of aliphatic hydroxyl groups is 1. The van der Waals surface area contributed by atoms with Crippen LogP contribution in [0, 0.1) is 5.92 Å². The van der Waals surface area contributed by atoms with Gasteiger partial charge in [-0.2, -0.15) is 0 Å². The Morgan fingerprint density at radius 1 is 1.31 bits per heavy atom. The summed E-state index contributed by atoms with van der Waals surface area (Å²) in [5, 5.41) is 11.0. The van der Waals surface area contributed by atoms with E-state index in [0.29, 0.717) is 16.0 Å². The summed E-state index contributed by atoms with van der Waals surface area (Å²) in [4.78, 5) is 0. The summed E-state index contributed by atoms with van der Waals surface area (Å²) in [6.45, 7) is 0. The maximum atomic E-state index is 10.1. The molecule has 0 amide bonds. The summed E-state index contributed by atoms with van der Waals surface area (Å²) in [6.07, 6.45) is 2.75. The van der Waals surface area contributed by atoms with Crippen LogP contribution in [0.1, 0.15) is 30.9 Å². The highest BCUT2D eigenvalue weighted by atomic mass is 35.5. The smallest absolute Gasteiger partial charge is 0.0761 e. The van der Waals surface area contributed by atoms with Gasteiger partial charge >= 0.3 is 0 Å². The molecule has 88 valence electrons.